The molecule has 0 radical (unpaired) electrons. The highest BCUT2D eigenvalue weighted by atomic mass is 32.1. The Morgan fingerprint density at radius 2 is 1.57 bits per heavy atom. The minimum Gasteiger partial charge on any atom is -0.450 e. The SMILES string of the molecule is CC1Cc2c(c3ccccc3n2C2=CCCc3c2oc2c3N[C@H](c3ccccc3)N=C2c2ccccc2)-c2sc3ccccc3c21. The fraction of sp³-hybridized carbons (Fsp3) is 0.146. The minimum atomic E-state index is -0.188. The average Bonchev–Trinajstić information content (AvgIpc) is 3.78. The summed E-state index contributed by atoms with van der Waals surface area (Å²) < 4.78 is 10.9. The van der Waals surface area contributed by atoms with E-state index < -0.39 is 0 Å². The van der Waals surface area contributed by atoms with Crippen molar-refractivity contribution in [2.24, 2.45) is 4.99 Å². The van der Waals surface area contributed by atoms with Crippen LogP contribution in [0.5, 0.6) is 0 Å². The standard InChI is InChI=1S/C41H31N3OS/c1-24-23-32-35(40-34(24)28-18-9-11-22-33(28)46-40)27-17-8-10-20-30(27)44(32)31-21-12-19-29-37-39(45-38(29)31)36(25-13-4-2-5-14-25)42-41(43-37)26-15-6-3-7-16-26/h2-11,13-18,20-22,24,41,43H,12,19,23H2,1H3/t24?,41-/m1/s1. The van der Waals surface area contributed by atoms with Gasteiger partial charge in [-0.3, -0.25) is 4.99 Å². The van der Waals surface area contributed by atoms with Crippen LogP contribution >= 0.6 is 11.3 Å². The smallest absolute Gasteiger partial charge is 0.176 e. The number of nitrogens with one attached hydrogen (secondary N) is 1. The zero-order chi connectivity index (χ0) is 30.4. The Kier molecular flexibility index (Phi) is 5.64. The Labute approximate surface area is 271 Å². The van der Waals surface area contributed by atoms with Gasteiger partial charge in [-0.1, -0.05) is 110 Å². The zero-order valence-electron chi connectivity index (χ0n) is 25.5. The van der Waals surface area contributed by atoms with Gasteiger partial charge in [-0.2, -0.15) is 0 Å². The molecule has 222 valence electrons. The molecule has 3 aliphatic rings. The van der Waals surface area contributed by atoms with Crippen LogP contribution in [0, 0.1) is 0 Å². The molecule has 7 aromatic rings. The largest absolute Gasteiger partial charge is 0.450 e. The van der Waals surface area contributed by atoms with E-state index in [0.717, 1.165) is 59.0 Å². The van der Waals surface area contributed by atoms with Gasteiger partial charge in [0.25, 0.3) is 0 Å². The Hall–Kier alpha value is -5.13. The monoisotopic (exact) mass is 613 g/mol. The molecule has 1 aliphatic heterocycles. The van der Waals surface area contributed by atoms with E-state index in [1.807, 2.05) is 11.3 Å². The van der Waals surface area contributed by atoms with E-state index in [4.69, 9.17) is 9.41 Å². The molecule has 5 heteroatoms. The molecular weight excluding hydrogens is 583 g/mol. The molecule has 1 unspecified atom stereocenters. The number of nitrogens with zero attached hydrogens (tertiary/aromatic N) is 2. The van der Waals surface area contributed by atoms with Gasteiger partial charge in [0.2, 0.25) is 0 Å². The van der Waals surface area contributed by atoms with Crippen molar-refractivity contribution in [3.63, 3.8) is 0 Å². The fourth-order valence-corrected chi connectivity index (χ4v) is 9.37. The van der Waals surface area contributed by atoms with Crippen LogP contribution in [0.3, 0.4) is 0 Å². The molecule has 4 nitrogen and oxygen atoms in total. The second-order valence-corrected chi connectivity index (χ2v) is 13.7. The first-order valence-corrected chi connectivity index (χ1v) is 17.0. The lowest BCUT2D eigenvalue weighted by Crippen LogP contribution is -2.20. The summed E-state index contributed by atoms with van der Waals surface area (Å²) in [6, 6.07) is 38.8. The van der Waals surface area contributed by atoms with Gasteiger partial charge in [-0.25, -0.2) is 0 Å². The van der Waals surface area contributed by atoms with Crippen LogP contribution in [-0.4, -0.2) is 10.3 Å². The highest BCUT2D eigenvalue weighted by Crippen LogP contribution is 2.53. The molecule has 0 saturated heterocycles. The lowest BCUT2D eigenvalue weighted by molar-refractivity contribution is 0.530. The summed E-state index contributed by atoms with van der Waals surface area (Å²) in [6.45, 7) is 2.39. The number of benzene rings is 4. The number of hydrogen-bond donors (Lipinski definition) is 1. The minimum absolute atomic E-state index is 0.188. The zero-order valence-corrected chi connectivity index (χ0v) is 26.3. The second-order valence-electron chi connectivity index (χ2n) is 12.7. The molecule has 0 bridgehead atoms. The van der Waals surface area contributed by atoms with Crippen molar-refractivity contribution in [1.82, 2.24) is 4.57 Å². The fourth-order valence-electron chi connectivity index (χ4n) is 7.97. The summed E-state index contributed by atoms with van der Waals surface area (Å²) in [4.78, 5) is 6.68. The van der Waals surface area contributed by atoms with Crippen LogP contribution in [0.2, 0.25) is 0 Å². The summed E-state index contributed by atoms with van der Waals surface area (Å²) in [6.07, 6.45) is 5.06. The van der Waals surface area contributed by atoms with Crippen molar-refractivity contribution in [2.75, 3.05) is 5.32 Å². The molecule has 0 saturated carbocycles. The number of hydrogen-bond acceptors (Lipinski definition) is 4. The molecule has 4 aromatic carbocycles. The topological polar surface area (TPSA) is 42.5 Å². The van der Waals surface area contributed by atoms with E-state index in [0.29, 0.717) is 5.92 Å². The van der Waals surface area contributed by atoms with E-state index in [2.05, 4.69) is 132 Å². The maximum atomic E-state index is 7.02. The van der Waals surface area contributed by atoms with Gasteiger partial charge in [0.1, 0.15) is 11.9 Å². The number of allylic oxidation sites excluding steroid dienone is 1. The molecule has 0 fully saturated rings. The van der Waals surface area contributed by atoms with E-state index in [-0.39, 0.29) is 6.17 Å². The summed E-state index contributed by atoms with van der Waals surface area (Å²) >= 11 is 1.94. The number of aromatic nitrogens is 1. The number of aliphatic imine (C=N–C) groups is 1. The molecular formula is C41H31N3OS. The molecule has 3 aromatic heterocycles. The van der Waals surface area contributed by atoms with Crippen LogP contribution in [0.25, 0.3) is 37.1 Å². The van der Waals surface area contributed by atoms with Gasteiger partial charge in [0.15, 0.2) is 11.5 Å². The number of thiophene rings is 1. The molecule has 46 heavy (non-hydrogen) atoms. The predicted octanol–water partition coefficient (Wildman–Crippen LogP) is 10.6. The molecule has 4 heterocycles. The van der Waals surface area contributed by atoms with Crippen molar-refractivity contribution in [2.45, 2.75) is 38.3 Å². The Morgan fingerprint density at radius 1 is 0.826 bits per heavy atom. The molecule has 0 spiro atoms. The van der Waals surface area contributed by atoms with E-state index in [9.17, 15) is 0 Å². The quantitative estimate of drug-likeness (QED) is 0.215. The third-order valence-electron chi connectivity index (χ3n) is 9.96. The normalized spacial score (nSPS) is 18.3. The van der Waals surface area contributed by atoms with Crippen LogP contribution < -0.4 is 5.32 Å². The molecule has 0 amide bonds. The number of para-hydroxylation sites is 1. The first kappa shape index (κ1) is 26.1. The van der Waals surface area contributed by atoms with Crippen LogP contribution in [-0.2, 0) is 12.8 Å². The summed E-state index contributed by atoms with van der Waals surface area (Å²) in [5.74, 6) is 2.21. The van der Waals surface area contributed by atoms with E-state index in [1.54, 1.807) is 0 Å². The Balaban J connectivity index is 1.19. The van der Waals surface area contributed by atoms with Crippen LogP contribution in [0.1, 0.15) is 64.9 Å². The first-order valence-electron chi connectivity index (χ1n) is 16.2. The van der Waals surface area contributed by atoms with Gasteiger partial charge >= 0.3 is 0 Å². The van der Waals surface area contributed by atoms with Gasteiger partial charge in [-0.05, 0) is 53.8 Å². The second kappa shape index (κ2) is 9.93. The van der Waals surface area contributed by atoms with E-state index >= 15 is 0 Å². The third kappa shape index (κ3) is 3.69. The Morgan fingerprint density at radius 3 is 2.41 bits per heavy atom. The molecule has 10 rings (SSSR count). The predicted molar refractivity (Wildman–Crippen MR) is 190 cm³/mol. The van der Waals surface area contributed by atoms with E-state index in [1.165, 1.54) is 48.3 Å². The number of rotatable bonds is 3. The van der Waals surface area contributed by atoms with Crippen molar-refractivity contribution in [3.8, 4) is 10.4 Å². The average molecular weight is 614 g/mol. The van der Waals surface area contributed by atoms with Gasteiger partial charge < -0.3 is 14.3 Å². The molecule has 2 aliphatic carbocycles. The van der Waals surface area contributed by atoms with Gasteiger partial charge in [0, 0.05) is 37.3 Å². The van der Waals surface area contributed by atoms with Crippen LogP contribution in [0.15, 0.2) is 125 Å². The maximum Gasteiger partial charge on any atom is 0.176 e. The lowest BCUT2D eigenvalue weighted by atomic mass is 9.85. The first-order chi connectivity index (χ1) is 22.7. The summed E-state index contributed by atoms with van der Waals surface area (Å²) in [5.41, 5.74) is 12.1. The van der Waals surface area contributed by atoms with Crippen molar-refractivity contribution in [3.05, 3.63) is 155 Å². The number of anilines is 1. The maximum absolute atomic E-state index is 7.02. The van der Waals surface area contributed by atoms with Crippen LogP contribution in [0.4, 0.5) is 5.69 Å². The lowest BCUT2D eigenvalue weighted by Gasteiger charge is -2.25. The highest BCUT2D eigenvalue weighted by molar-refractivity contribution is 7.22. The number of furan rings is 1. The van der Waals surface area contributed by atoms with Crippen molar-refractivity contribution in [1.29, 1.82) is 0 Å². The van der Waals surface area contributed by atoms with Crippen molar-refractivity contribution >= 4 is 49.4 Å². The van der Waals surface area contributed by atoms with Gasteiger partial charge in [-0.15, -0.1) is 11.3 Å². The third-order valence-corrected chi connectivity index (χ3v) is 11.2. The van der Waals surface area contributed by atoms with Gasteiger partial charge in [0.05, 0.1) is 16.9 Å². The van der Waals surface area contributed by atoms with Crippen molar-refractivity contribution < 1.29 is 4.42 Å². The summed E-state index contributed by atoms with van der Waals surface area (Å²) in [7, 11) is 0. The Bertz CT molecular complexity index is 2390. The molecule has 1 N–H and O–H groups in total. The molecule has 2 atom stereocenters. The number of fused-ring (bicyclic) bond motifs is 10. The summed E-state index contributed by atoms with van der Waals surface area (Å²) in [5, 5.41) is 6.53. The highest BCUT2D eigenvalue weighted by Gasteiger charge is 2.37.